The minimum atomic E-state index is 0.281. The number of hydrogen-bond donors (Lipinski definition) is 1. The van der Waals surface area contributed by atoms with Crippen molar-refractivity contribution in [2.45, 2.75) is 46.6 Å². The second-order valence-corrected chi connectivity index (χ2v) is 6.98. The van der Waals surface area contributed by atoms with E-state index in [-0.39, 0.29) is 6.04 Å². The van der Waals surface area contributed by atoms with Crippen LogP contribution < -0.4 is 5.32 Å². The summed E-state index contributed by atoms with van der Waals surface area (Å²) in [6.45, 7) is 10.9. The summed E-state index contributed by atoms with van der Waals surface area (Å²) in [5, 5.41) is 3.62. The van der Waals surface area contributed by atoms with E-state index in [0.29, 0.717) is 5.92 Å². The van der Waals surface area contributed by atoms with Crippen LogP contribution in [-0.4, -0.2) is 0 Å². The number of anilines is 1. The van der Waals surface area contributed by atoms with Crippen molar-refractivity contribution in [2.24, 2.45) is 0 Å². The van der Waals surface area contributed by atoms with E-state index in [9.17, 15) is 0 Å². The standard InChI is InChI=1S/C19H24BrN/c1-12(2)16-6-8-17(9-7-16)15(5)21-19-14(4)10-13(3)11-18(19)20/h6-12,15,21H,1-5H3. The molecule has 0 radical (unpaired) electrons. The van der Waals surface area contributed by atoms with Crippen LogP contribution in [0.2, 0.25) is 0 Å². The van der Waals surface area contributed by atoms with Gasteiger partial charge in [0.2, 0.25) is 0 Å². The molecule has 1 nitrogen and oxygen atoms in total. The summed E-state index contributed by atoms with van der Waals surface area (Å²) in [5.41, 5.74) is 6.43. The van der Waals surface area contributed by atoms with Gasteiger partial charge in [0.1, 0.15) is 0 Å². The lowest BCUT2D eigenvalue weighted by molar-refractivity contribution is 0.851. The zero-order chi connectivity index (χ0) is 15.6. The minimum absolute atomic E-state index is 0.281. The molecule has 1 atom stereocenters. The summed E-state index contributed by atoms with van der Waals surface area (Å²) < 4.78 is 1.13. The Labute approximate surface area is 136 Å². The SMILES string of the molecule is Cc1cc(C)c(NC(C)c2ccc(C(C)C)cc2)c(Br)c1. The van der Waals surface area contributed by atoms with E-state index in [0.717, 1.165) is 4.47 Å². The highest BCUT2D eigenvalue weighted by atomic mass is 79.9. The molecule has 0 heterocycles. The summed E-state index contributed by atoms with van der Waals surface area (Å²) >= 11 is 3.67. The number of aryl methyl sites for hydroxylation is 2. The molecule has 0 saturated heterocycles. The van der Waals surface area contributed by atoms with E-state index in [4.69, 9.17) is 0 Å². The molecule has 2 rings (SSSR count). The molecule has 0 aromatic heterocycles. The molecule has 112 valence electrons. The lowest BCUT2D eigenvalue weighted by atomic mass is 9.99. The maximum Gasteiger partial charge on any atom is 0.0519 e. The minimum Gasteiger partial charge on any atom is -0.377 e. The summed E-state index contributed by atoms with van der Waals surface area (Å²) in [4.78, 5) is 0. The molecular formula is C19H24BrN. The first-order valence-electron chi connectivity index (χ1n) is 7.51. The van der Waals surface area contributed by atoms with Crippen LogP contribution in [-0.2, 0) is 0 Å². The van der Waals surface area contributed by atoms with Crippen LogP contribution >= 0.6 is 15.9 Å². The third-order valence-corrected chi connectivity index (χ3v) is 4.52. The van der Waals surface area contributed by atoms with Gasteiger partial charge in [0.15, 0.2) is 0 Å². The number of halogens is 1. The molecule has 0 bridgehead atoms. The van der Waals surface area contributed by atoms with Crippen molar-refractivity contribution in [3.05, 3.63) is 63.1 Å². The average molecular weight is 346 g/mol. The van der Waals surface area contributed by atoms with Crippen LogP contribution in [0.25, 0.3) is 0 Å². The largest absolute Gasteiger partial charge is 0.377 e. The Morgan fingerprint density at radius 2 is 1.48 bits per heavy atom. The van der Waals surface area contributed by atoms with Crippen molar-refractivity contribution in [3.63, 3.8) is 0 Å². The lowest BCUT2D eigenvalue weighted by Gasteiger charge is -2.20. The lowest BCUT2D eigenvalue weighted by Crippen LogP contribution is -2.08. The fourth-order valence-corrected chi connectivity index (χ4v) is 3.36. The van der Waals surface area contributed by atoms with E-state index in [1.54, 1.807) is 0 Å². The Kier molecular flexibility index (Phi) is 5.10. The van der Waals surface area contributed by atoms with Gasteiger partial charge in [0.25, 0.3) is 0 Å². The van der Waals surface area contributed by atoms with E-state index < -0.39 is 0 Å². The summed E-state index contributed by atoms with van der Waals surface area (Å²) in [6, 6.07) is 13.6. The van der Waals surface area contributed by atoms with Crippen LogP contribution in [0.3, 0.4) is 0 Å². The fourth-order valence-electron chi connectivity index (χ4n) is 2.57. The smallest absolute Gasteiger partial charge is 0.0519 e. The molecule has 0 aliphatic carbocycles. The average Bonchev–Trinajstić information content (AvgIpc) is 2.42. The van der Waals surface area contributed by atoms with Gasteiger partial charge in [-0.3, -0.25) is 0 Å². The van der Waals surface area contributed by atoms with Gasteiger partial charge in [-0.1, -0.05) is 44.2 Å². The van der Waals surface area contributed by atoms with Crippen molar-refractivity contribution < 1.29 is 0 Å². The summed E-state index contributed by atoms with van der Waals surface area (Å²) in [7, 11) is 0. The maximum absolute atomic E-state index is 3.67. The van der Waals surface area contributed by atoms with Crippen molar-refractivity contribution in [2.75, 3.05) is 5.32 Å². The zero-order valence-corrected chi connectivity index (χ0v) is 15.1. The van der Waals surface area contributed by atoms with Crippen LogP contribution in [0.15, 0.2) is 40.9 Å². The Morgan fingerprint density at radius 3 is 2.00 bits per heavy atom. The fraction of sp³-hybridized carbons (Fsp3) is 0.368. The molecule has 0 saturated carbocycles. The molecule has 0 aliphatic rings. The Bertz CT molecular complexity index is 591. The van der Waals surface area contributed by atoms with Gasteiger partial charge in [0, 0.05) is 10.5 Å². The van der Waals surface area contributed by atoms with Gasteiger partial charge in [-0.15, -0.1) is 0 Å². The van der Waals surface area contributed by atoms with Gasteiger partial charge in [-0.2, -0.15) is 0 Å². The van der Waals surface area contributed by atoms with E-state index in [2.05, 4.69) is 92.3 Å². The Hall–Kier alpha value is -1.28. The highest BCUT2D eigenvalue weighted by molar-refractivity contribution is 9.10. The topological polar surface area (TPSA) is 12.0 Å². The van der Waals surface area contributed by atoms with Crippen LogP contribution in [0, 0.1) is 13.8 Å². The summed E-state index contributed by atoms with van der Waals surface area (Å²) in [6.07, 6.45) is 0. The zero-order valence-electron chi connectivity index (χ0n) is 13.5. The first-order chi connectivity index (χ1) is 9.88. The van der Waals surface area contributed by atoms with Crippen LogP contribution in [0.4, 0.5) is 5.69 Å². The number of hydrogen-bond acceptors (Lipinski definition) is 1. The third kappa shape index (κ3) is 3.88. The van der Waals surface area contributed by atoms with Gasteiger partial charge in [0.05, 0.1) is 5.69 Å². The van der Waals surface area contributed by atoms with E-state index in [1.165, 1.54) is 27.9 Å². The molecule has 2 aromatic rings. The molecular weight excluding hydrogens is 322 g/mol. The monoisotopic (exact) mass is 345 g/mol. The van der Waals surface area contributed by atoms with Crippen LogP contribution in [0.5, 0.6) is 0 Å². The number of rotatable bonds is 4. The summed E-state index contributed by atoms with van der Waals surface area (Å²) in [5.74, 6) is 0.579. The molecule has 1 N–H and O–H groups in total. The second-order valence-electron chi connectivity index (χ2n) is 6.13. The first kappa shape index (κ1) is 16.1. The van der Waals surface area contributed by atoms with Gasteiger partial charge < -0.3 is 5.32 Å². The third-order valence-electron chi connectivity index (χ3n) is 3.90. The van der Waals surface area contributed by atoms with Gasteiger partial charge in [-0.25, -0.2) is 0 Å². The van der Waals surface area contributed by atoms with E-state index >= 15 is 0 Å². The Morgan fingerprint density at radius 1 is 0.905 bits per heavy atom. The molecule has 0 aliphatic heterocycles. The van der Waals surface area contributed by atoms with Crippen LogP contribution in [0.1, 0.15) is 55.0 Å². The molecule has 0 amide bonds. The van der Waals surface area contributed by atoms with Crippen molar-refractivity contribution in [1.82, 2.24) is 0 Å². The number of benzene rings is 2. The predicted octanol–water partition coefficient (Wildman–Crippen LogP) is 6.36. The highest BCUT2D eigenvalue weighted by Crippen LogP contribution is 2.31. The molecule has 2 aromatic carbocycles. The number of nitrogens with one attached hydrogen (secondary N) is 1. The molecule has 0 fully saturated rings. The molecule has 0 spiro atoms. The van der Waals surface area contributed by atoms with Gasteiger partial charge in [-0.05, 0) is 70.9 Å². The first-order valence-corrected chi connectivity index (χ1v) is 8.31. The van der Waals surface area contributed by atoms with E-state index in [1.807, 2.05) is 0 Å². The normalized spacial score (nSPS) is 12.5. The van der Waals surface area contributed by atoms with Gasteiger partial charge >= 0.3 is 0 Å². The predicted molar refractivity (Wildman–Crippen MR) is 96.2 cm³/mol. The van der Waals surface area contributed by atoms with Crippen molar-refractivity contribution >= 4 is 21.6 Å². The quantitative estimate of drug-likeness (QED) is 0.679. The van der Waals surface area contributed by atoms with Crippen molar-refractivity contribution in [1.29, 1.82) is 0 Å². The highest BCUT2D eigenvalue weighted by Gasteiger charge is 2.10. The Balaban J connectivity index is 2.20. The molecule has 21 heavy (non-hydrogen) atoms. The molecule has 2 heteroatoms. The van der Waals surface area contributed by atoms with Crippen molar-refractivity contribution in [3.8, 4) is 0 Å². The maximum atomic E-state index is 3.67. The second kappa shape index (κ2) is 6.65. The molecule has 1 unspecified atom stereocenters.